The van der Waals surface area contributed by atoms with E-state index in [4.69, 9.17) is 0 Å². The van der Waals surface area contributed by atoms with Crippen LogP contribution in [0.15, 0.2) is 59.5 Å². The molecule has 1 amide bonds. The molecule has 0 saturated heterocycles. The number of esters is 1. The lowest BCUT2D eigenvalue weighted by atomic mass is 10.1. The number of carbonyl (C=O) groups excluding carboxylic acids is 2. The summed E-state index contributed by atoms with van der Waals surface area (Å²) in [6.07, 6.45) is -4.73. The van der Waals surface area contributed by atoms with E-state index in [1.165, 1.54) is 43.3 Å². The predicted molar refractivity (Wildman–Crippen MR) is 102 cm³/mol. The first-order valence-electron chi connectivity index (χ1n) is 8.90. The van der Waals surface area contributed by atoms with Crippen molar-refractivity contribution in [1.29, 1.82) is 0 Å². The number of carbonyl (C=O) groups is 2. The summed E-state index contributed by atoms with van der Waals surface area (Å²) in [7, 11) is -3.71. The van der Waals surface area contributed by atoms with Crippen LogP contribution in [-0.2, 0) is 25.1 Å². The molecule has 0 atom stereocenters. The monoisotopic (exact) mass is 443 g/mol. The summed E-state index contributed by atoms with van der Waals surface area (Å²) in [5.41, 5.74) is 0.0668. The summed E-state index contributed by atoms with van der Waals surface area (Å²) in [5, 5.41) is 0. The van der Waals surface area contributed by atoms with Gasteiger partial charge in [-0.1, -0.05) is 30.3 Å². The second-order valence-corrected chi connectivity index (χ2v) is 8.34. The summed E-state index contributed by atoms with van der Waals surface area (Å²) in [6, 6.07) is 12.9. The zero-order chi connectivity index (χ0) is 22.4. The summed E-state index contributed by atoms with van der Waals surface area (Å²) in [6.45, 7) is -1.07. The van der Waals surface area contributed by atoms with Crippen molar-refractivity contribution in [3.8, 4) is 0 Å². The Morgan fingerprint density at radius 2 is 1.70 bits per heavy atom. The fraction of sp³-hybridized carbons (Fsp3) is 0.300. The molecule has 0 unspecified atom stereocenters. The highest BCUT2D eigenvalue weighted by molar-refractivity contribution is 7.90. The second kappa shape index (κ2) is 9.75. The minimum absolute atomic E-state index is 0.0420. The Balaban J connectivity index is 2.26. The summed E-state index contributed by atoms with van der Waals surface area (Å²) >= 11 is 0. The van der Waals surface area contributed by atoms with Gasteiger partial charge in [-0.2, -0.15) is 13.2 Å². The van der Waals surface area contributed by atoms with Crippen molar-refractivity contribution < 1.29 is 35.9 Å². The van der Waals surface area contributed by atoms with E-state index < -0.39 is 46.7 Å². The van der Waals surface area contributed by atoms with Crippen LogP contribution in [0, 0.1) is 0 Å². The molecule has 0 saturated carbocycles. The van der Waals surface area contributed by atoms with Crippen molar-refractivity contribution in [3.05, 3.63) is 65.7 Å². The van der Waals surface area contributed by atoms with Gasteiger partial charge in [0.25, 0.3) is 5.91 Å². The molecule has 0 aliphatic rings. The van der Waals surface area contributed by atoms with Crippen LogP contribution in [0.4, 0.5) is 13.2 Å². The first-order valence-corrected chi connectivity index (χ1v) is 10.6. The Bertz CT molecular complexity index is 991. The van der Waals surface area contributed by atoms with Gasteiger partial charge in [-0.05, 0) is 36.8 Å². The first-order chi connectivity index (χ1) is 14.0. The molecule has 2 rings (SSSR count). The molecule has 0 fully saturated rings. The van der Waals surface area contributed by atoms with Gasteiger partial charge < -0.3 is 9.64 Å². The number of alkyl halides is 3. The van der Waals surface area contributed by atoms with E-state index in [0.717, 1.165) is 0 Å². The lowest BCUT2D eigenvalue weighted by Crippen LogP contribution is -2.42. The molecule has 30 heavy (non-hydrogen) atoms. The number of ether oxygens (including phenoxy) is 1. The molecule has 0 spiro atoms. The average molecular weight is 443 g/mol. The molecule has 0 aliphatic carbocycles. The molecular formula is C20H20F3NO5S. The van der Waals surface area contributed by atoms with Gasteiger partial charge in [0.2, 0.25) is 0 Å². The zero-order valence-corrected chi connectivity index (χ0v) is 16.9. The number of sulfone groups is 1. The van der Waals surface area contributed by atoms with Crippen molar-refractivity contribution in [2.45, 2.75) is 23.7 Å². The minimum atomic E-state index is -4.73. The van der Waals surface area contributed by atoms with Crippen LogP contribution >= 0.6 is 0 Å². The number of amides is 1. The fourth-order valence-corrected chi connectivity index (χ4v) is 4.04. The van der Waals surface area contributed by atoms with Crippen molar-refractivity contribution in [2.75, 3.05) is 19.7 Å². The molecule has 162 valence electrons. The largest absolute Gasteiger partial charge is 0.465 e. The molecule has 0 aromatic heterocycles. The van der Waals surface area contributed by atoms with E-state index in [-0.39, 0.29) is 22.6 Å². The lowest BCUT2D eigenvalue weighted by Gasteiger charge is -2.23. The Kier molecular flexibility index (Phi) is 7.60. The molecule has 0 aliphatic heterocycles. The van der Waals surface area contributed by atoms with Crippen LogP contribution < -0.4 is 0 Å². The topological polar surface area (TPSA) is 80.8 Å². The molecule has 6 nitrogen and oxygen atoms in total. The average Bonchev–Trinajstić information content (AvgIpc) is 2.66. The highest BCUT2D eigenvalue weighted by Gasteiger charge is 2.34. The van der Waals surface area contributed by atoms with E-state index in [9.17, 15) is 31.2 Å². The van der Waals surface area contributed by atoms with Gasteiger partial charge in [0.15, 0.2) is 9.84 Å². The third-order valence-electron chi connectivity index (χ3n) is 3.92. The van der Waals surface area contributed by atoms with Gasteiger partial charge in [0.1, 0.15) is 13.1 Å². The van der Waals surface area contributed by atoms with E-state index >= 15 is 0 Å². The second-order valence-electron chi connectivity index (χ2n) is 6.35. The smallest absolute Gasteiger partial charge is 0.406 e. The maximum atomic E-state index is 12.9. The van der Waals surface area contributed by atoms with Crippen LogP contribution in [-0.4, -0.2) is 51.1 Å². The quantitative estimate of drug-likeness (QED) is 0.586. The number of nitrogens with zero attached hydrogens (tertiary/aromatic N) is 1. The summed E-state index contributed by atoms with van der Waals surface area (Å²) in [4.78, 5) is 24.7. The molecule has 0 bridgehead atoms. The molecule has 0 radical (unpaired) electrons. The molecule has 0 heterocycles. The SMILES string of the molecule is CCOC(=O)CN(CC(F)(F)F)C(=O)c1cccc(CS(=O)(=O)c2ccccc2)c1. The molecule has 10 heteroatoms. The van der Waals surface area contributed by atoms with Crippen molar-refractivity contribution in [1.82, 2.24) is 4.90 Å². The maximum absolute atomic E-state index is 12.9. The van der Waals surface area contributed by atoms with Gasteiger partial charge in [-0.3, -0.25) is 9.59 Å². The van der Waals surface area contributed by atoms with Gasteiger partial charge in [0, 0.05) is 5.56 Å². The third-order valence-corrected chi connectivity index (χ3v) is 5.62. The third kappa shape index (κ3) is 6.87. The lowest BCUT2D eigenvalue weighted by molar-refractivity contribution is -0.153. The molecular weight excluding hydrogens is 423 g/mol. The van der Waals surface area contributed by atoms with Crippen molar-refractivity contribution in [2.24, 2.45) is 0 Å². The predicted octanol–water partition coefficient (Wildman–Crippen LogP) is 3.23. The fourth-order valence-electron chi connectivity index (χ4n) is 2.69. The number of hydrogen-bond acceptors (Lipinski definition) is 5. The van der Waals surface area contributed by atoms with E-state index in [1.807, 2.05) is 0 Å². The van der Waals surface area contributed by atoms with Gasteiger partial charge >= 0.3 is 12.1 Å². The van der Waals surface area contributed by atoms with Gasteiger partial charge in [0.05, 0.1) is 17.3 Å². The zero-order valence-electron chi connectivity index (χ0n) is 16.1. The normalized spacial score (nSPS) is 11.7. The van der Waals surface area contributed by atoms with Crippen LogP contribution in [0.5, 0.6) is 0 Å². The number of rotatable bonds is 8. The van der Waals surface area contributed by atoms with E-state index in [2.05, 4.69) is 4.74 Å². The molecule has 2 aromatic rings. The first kappa shape index (κ1) is 23.4. The Morgan fingerprint density at radius 3 is 2.30 bits per heavy atom. The Hall–Kier alpha value is -2.88. The van der Waals surface area contributed by atoms with Crippen LogP contribution in [0.1, 0.15) is 22.8 Å². The minimum Gasteiger partial charge on any atom is -0.465 e. The van der Waals surface area contributed by atoms with Crippen LogP contribution in [0.2, 0.25) is 0 Å². The number of hydrogen-bond donors (Lipinski definition) is 0. The van der Waals surface area contributed by atoms with Gasteiger partial charge in [-0.15, -0.1) is 0 Å². The van der Waals surface area contributed by atoms with E-state index in [0.29, 0.717) is 4.90 Å². The van der Waals surface area contributed by atoms with Gasteiger partial charge in [-0.25, -0.2) is 8.42 Å². The van der Waals surface area contributed by atoms with Crippen molar-refractivity contribution >= 4 is 21.7 Å². The summed E-state index contributed by atoms with van der Waals surface area (Å²) in [5.74, 6) is -2.47. The number of benzene rings is 2. The van der Waals surface area contributed by atoms with Crippen LogP contribution in [0.3, 0.4) is 0 Å². The molecule has 2 aromatic carbocycles. The highest BCUT2D eigenvalue weighted by atomic mass is 32.2. The summed E-state index contributed by atoms with van der Waals surface area (Å²) < 4.78 is 68.3. The van der Waals surface area contributed by atoms with Crippen LogP contribution in [0.25, 0.3) is 0 Å². The Labute approximate surface area is 172 Å². The van der Waals surface area contributed by atoms with E-state index in [1.54, 1.807) is 18.2 Å². The Morgan fingerprint density at radius 1 is 1.03 bits per heavy atom. The number of halogens is 3. The molecule has 0 N–H and O–H groups in total. The standard InChI is InChI=1S/C20H20F3NO5S/c1-2-29-18(25)12-24(14-20(21,22)23)19(26)16-8-6-7-15(11-16)13-30(27,28)17-9-4-3-5-10-17/h3-11H,2,12-14H2,1H3. The highest BCUT2D eigenvalue weighted by Crippen LogP contribution is 2.20. The maximum Gasteiger partial charge on any atom is 0.406 e. The van der Waals surface area contributed by atoms with Crippen molar-refractivity contribution in [3.63, 3.8) is 0 Å².